The number of hydrogen-bond acceptors (Lipinski definition) is 6. The fourth-order valence-electron chi connectivity index (χ4n) is 2.19. The molecule has 0 aromatic rings. The molecule has 1 radical (unpaired) electrons. The van der Waals surface area contributed by atoms with Crippen molar-refractivity contribution in [3.8, 4) is 0 Å². The van der Waals surface area contributed by atoms with Gasteiger partial charge in [0.05, 0.1) is 17.2 Å². The molecule has 1 amide bonds. The zero-order valence-electron chi connectivity index (χ0n) is 17.8. The number of carbonyl (C=O) groups excluding carboxylic acids is 1. The van der Waals surface area contributed by atoms with E-state index in [2.05, 4.69) is 4.99 Å². The Bertz CT molecular complexity index is 554. The smallest absolute Gasteiger partial charge is 0.410 e. The molecule has 7 nitrogen and oxygen atoms in total. The van der Waals surface area contributed by atoms with Crippen LogP contribution >= 0.6 is 0 Å². The highest BCUT2D eigenvalue weighted by Gasteiger charge is 2.35. The highest BCUT2D eigenvalue weighted by molar-refractivity contribution is 6.46. The molecule has 0 spiro atoms. The van der Waals surface area contributed by atoms with Gasteiger partial charge in [-0.1, -0.05) is 0 Å². The first-order chi connectivity index (χ1) is 12.2. The van der Waals surface area contributed by atoms with Gasteiger partial charge >= 0.3 is 13.6 Å². The van der Waals surface area contributed by atoms with Gasteiger partial charge in [0.15, 0.2) is 0 Å². The molecule has 1 saturated heterocycles. The minimum absolute atomic E-state index is 0.120. The second kappa shape index (κ2) is 9.10. The fourth-order valence-corrected chi connectivity index (χ4v) is 2.19. The number of nitrogens with zero attached hydrogens (tertiary/aromatic N) is 2. The van der Waals surface area contributed by atoms with Gasteiger partial charge in [-0.2, -0.15) is 0 Å². The summed E-state index contributed by atoms with van der Waals surface area (Å²) in [5.74, 6) is 0. The van der Waals surface area contributed by atoms with E-state index >= 15 is 0 Å². The van der Waals surface area contributed by atoms with Crippen LogP contribution in [0.15, 0.2) is 16.7 Å². The molecule has 1 heterocycles. The molecule has 1 fully saturated rings. The van der Waals surface area contributed by atoms with Crippen LogP contribution < -0.4 is 5.73 Å². The van der Waals surface area contributed by atoms with Crippen LogP contribution in [0.1, 0.15) is 61.3 Å². The van der Waals surface area contributed by atoms with E-state index < -0.39 is 16.8 Å². The number of nitrogens with two attached hydrogens (primary N) is 1. The van der Waals surface area contributed by atoms with Crippen LogP contribution in [0.4, 0.5) is 4.79 Å². The van der Waals surface area contributed by atoms with Crippen LogP contribution in [0.5, 0.6) is 0 Å². The highest BCUT2D eigenvalue weighted by Crippen LogP contribution is 2.25. The van der Waals surface area contributed by atoms with Crippen LogP contribution in [-0.4, -0.2) is 65.7 Å². The minimum Gasteiger partial charge on any atom is -0.444 e. The average molecular weight is 380 g/mol. The lowest BCUT2D eigenvalue weighted by Crippen LogP contribution is -2.48. The second-order valence-corrected chi connectivity index (χ2v) is 8.95. The van der Waals surface area contributed by atoms with Crippen molar-refractivity contribution in [3.05, 3.63) is 11.7 Å². The third-order valence-corrected chi connectivity index (χ3v) is 4.71. The summed E-state index contributed by atoms with van der Waals surface area (Å²) in [5, 5.41) is 10.1. The standard InChI is InChI=1S/C19H35BN3O4/c1-17(2,3)26-16(24)23-10-8-15(9-11-23)22-13-14(12-21)20-27-19(6,7)18(4,5)25/h12-13,15,25H,8-11,21H2,1-7H3. The molecule has 1 aliphatic heterocycles. The van der Waals surface area contributed by atoms with E-state index in [9.17, 15) is 9.90 Å². The Morgan fingerprint density at radius 3 is 2.19 bits per heavy atom. The number of piperidine rings is 1. The van der Waals surface area contributed by atoms with Gasteiger partial charge in [0, 0.05) is 19.3 Å². The van der Waals surface area contributed by atoms with E-state index in [-0.39, 0.29) is 12.1 Å². The molecule has 0 aliphatic carbocycles. The monoisotopic (exact) mass is 380 g/mol. The number of carbonyl (C=O) groups is 1. The summed E-state index contributed by atoms with van der Waals surface area (Å²) in [6.07, 6.45) is 4.35. The van der Waals surface area contributed by atoms with Crippen LogP contribution in [0.3, 0.4) is 0 Å². The number of aliphatic hydroxyl groups is 1. The van der Waals surface area contributed by atoms with Crippen molar-refractivity contribution in [2.45, 2.75) is 84.2 Å². The molecular formula is C19H35BN3O4. The van der Waals surface area contributed by atoms with Crippen molar-refractivity contribution in [1.29, 1.82) is 0 Å². The molecular weight excluding hydrogens is 345 g/mol. The third kappa shape index (κ3) is 7.93. The number of ether oxygens (including phenoxy) is 1. The molecule has 1 aliphatic rings. The van der Waals surface area contributed by atoms with Gasteiger partial charge in [0.1, 0.15) is 5.60 Å². The predicted octanol–water partition coefficient (Wildman–Crippen LogP) is 2.44. The van der Waals surface area contributed by atoms with Gasteiger partial charge in [0.2, 0.25) is 0 Å². The third-order valence-electron chi connectivity index (χ3n) is 4.71. The molecule has 0 unspecified atom stereocenters. The van der Waals surface area contributed by atoms with Crippen molar-refractivity contribution in [1.82, 2.24) is 4.90 Å². The highest BCUT2D eigenvalue weighted by atomic mass is 16.6. The van der Waals surface area contributed by atoms with Gasteiger partial charge in [-0.3, -0.25) is 4.99 Å². The van der Waals surface area contributed by atoms with Crippen LogP contribution in [0.25, 0.3) is 0 Å². The van der Waals surface area contributed by atoms with Crippen molar-refractivity contribution in [2.75, 3.05) is 13.1 Å². The fraction of sp³-hybridized carbons (Fsp3) is 0.789. The second-order valence-electron chi connectivity index (χ2n) is 8.95. The summed E-state index contributed by atoms with van der Waals surface area (Å²) in [6, 6.07) is 0.120. The lowest BCUT2D eigenvalue weighted by atomic mass is 9.83. The molecule has 0 atom stereocenters. The maximum absolute atomic E-state index is 12.1. The summed E-state index contributed by atoms with van der Waals surface area (Å²) in [7, 11) is 1.51. The summed E-state index contributed by atoms with van der Waals surface area (Å²) in [5.41, 5.74) is 4.02. The number of hydrogen-bond donors (Lipinski definition) is 2. The Hall–Kier alpha value is -1.54. The van der Waals surface area contributed by atoms with Crippen LogP contribution in [-0.2, 0) is 9.39 Å². The van der Waals surface area contributed by atoms with Crippen molar-refractivity contribution in [3.63, 3.8) is 0 Å². The van der Waals surface area contributed by atoms with E-state index in [0.717, 1.165) is 12.8 Å². The van der Waals surface area contributed by atoms with Gasteiger partial charge in [-0.25, -0.2) is 4.79 Å². The van der Waals surface area contributed by atoms with Crippen molar-refractivity contribution in [2.24, 2.45) is 10.7 Å². The van der Waals surface area contributed by atoms with Gasteiger partial charge in [0.25, 0.3) is 0 Å². The number of amides is 1. The molecule has 0 bridgehead atoms. The number of rotatable bonds is 6. The molecule has 153 valence electrons. The molecule has 27 heavy (non-hydrogen) atoms. The summed E-state index contributed by atoms with van der Waals surface area (Å²) in [6.45, 7) is 13.8. The lowest BCUT2D eigenvalue weighted by Gasteiger charge is -2.37. The average Bonchev–Trinajstić information content (AvgIpc) is 2.52. The van der Waals surface area contributed by atoms with Crippen LogP contribution in [0, 0.1) is 0 Å². The SMILES string of the molecule is CC(C)(C)OC(=O)N1CCC(N=CC([B]OC(C)(C)C(C)(C)O)=CN)CC1. The lowest BCUT2D eigenvalue weighted by molar-refractivity contribution is -0.0895. The van der Waals surface area contributed by atoms with E-state index in [1.54, 1.807) is 38.8 Å². The Morgan fingerprint density at radius 2 is 1.74 bits per heavy atom. The molecule has 3 N–H and O–H groups in total. The zero-order chi connectivity index (χ0) is 20.9. The Labute approximate surface area is 164 Å². The molecule has 0 aromatic carbocycles. The van der Waals surface area contributed by atoms with Gasteiger partial charge in [-0.15, -0.1) is 0 Å². The summed E-state index contributed by atoms with van der Waals surface area (Å²) >= 11 is 0. The first kappa shape index (κ1) is 23.5. The molecule has 8 heteroatoms. The Morgan fingerprint density at radius 1 is 1.19 bits per heavy atom. The molecule has 0 aromatic heterocycles. The number of likely N-dealkylation sites (tertiary alicyclic amines) is 1. The zero-order valence-corrected chi connectivity index (χ0v) is 17.8. The maximum Gasteiger partial charge on any atom is 0.410 e. The predicted molar refractivity (Wildman–Crippen MR) is 109 cm³/mol. The summed E-state index contributed by atoms with van der Waals surface area (Å²) < 4.78 is 11.1. The quantitative estimate of drug-likeness (QED) is 0.545. The maximum atomic E-state index is 12.1. The minimum atomic E-state index is -1.01. The first-order valence-corrected chi connectivity index (χ1v) is 9.41. The Balaban J connectivity index is 2.50. The summed E-state index contributed by atoms with van der Waals surface area (Å²) in [4.78, 5) is 18.4. The van der Waals surface area contributed by atoms with Gasteiger partial charge in [-0.05, 0) is 73.0 Å². The number of allylic oxidation sites excluding steroid dienone is 1. The van der Waals surface area contributed by atoms with Crippen LogP contribution in [0.2, 0.25) is 0 Å². The van der Waals surface area contributed by atoms with Gasteiger partial charge < -0.3 is 25.1 Å². The largest absolute Gasteiger partial charge is 0.444 e. The van der Waals surface area contributed by atoms with Crippen molar-refractivity contribution >= 4 is 19.8 Å². The van der Waals surface area contributed by atoms with E-state index in [1.807, 2.05) is 20.8 Å². The first-order valence-electron chi connectivity index (χ1n) is 9.41. The van der Waals surface area contributed by atoms with Crippen molar-refractivity contribution < 1.29 is 19.3 Å². The normalized spacial score (nSPS) is 18.1. The molecule has 0 saturated carbocycles. The Kier molecular flexibility index (Phi) is 7.93. The number of aliphatic imine (C=N–C) groups is 1. The topological polar surface area (TPSA) is 97.4 Å². The van der Waals surface area contributed by atoms with E-state index in [1.165, 1.54) is 13.7 Å². The van der Waals surface area contributed by atoms with E-state index in [0.29, 0.717) is 18.6 Å². The molecule has 1 rings (SSSR count). The van der Waals surface area contributed by atoms with E-state index in [4.69, 9.17) is 15.1 Å².